The average molecular weight is 279 g/mol. The molecule has 1 rings (SSSR count). The van der Waals surface area contributed by atoms with E-state index < -0.39 is 0 Å². The molecule has 0 fully saturated rings. The SMILES string of the molecule is CCCCCCCCCc1cc(OCC[O])ccc1O. The summed E-state index contributed by atoms with van der Waals surface area (Å²) in [6.07, 6.45) is 9.69. The predicted octanol–water partition coefficient (Wildman–Crippen LogP) is 4.49. The van der Waals surface area contributed by atoms with E-state index in [9.17, 15) is 10.2 Å². The Morgan fingerprint density at radius 1 is 1.05 bits per heavy atom. The van der Waals surface area contributed by atoms with Crippen molar-refractivity contribution in [2.24, 2.45) is 0 Å². The maximum absolute atomic E-state index is 10.4. The topological polar surface area (TPSA) is 49.4 Å². The van der Waals surface area contributed by atoms with Crippen LogP contribution in [0.5, 0.6) is 11.5 Å². The number of hydrogen-bond donors (Lipinski definition) is 1. The van der Waals surface area contributed by atoms with E-state index in [0.717, 1.165) is 18.4 Å². The molecule has 0 saturated heterocycles. The molecule has 0 spiro atoms. The molecule has 113 valence electrons. The van der Waals surface area contributed by atoms with Crippen molar-refractivity contribution >= 4 is 0 Å². The van der Waals surface area contributed by atoms with Crippen molar-refractivity contribution in [2.75, 3.05) is 13.2 Å². The number of benzene rings is 1. The number of aromatic hydroxyl groups is 1. The van der Waals surface area contributed by atoms with E-state index >= 15 is 0 Å². The second kappa shape index (κ2) is 10.6. The first-order valence-electron chi connectivity index (χ1n) is 7.80. The molecule has 1 radical (unpaired) electrons. The van der Waals surface area contributed by atoms with E-state index in [1.54, 1.807) is 12.1 Å². The van der Waals surface area contributed by atoms with Crippen LogP contribution in [-0.4, -0.2) is 18.3 Å². The van der Waals surface area contributed by atoms with E-state index in [1.807, 2.05) is 6.07 Å². The van der Waals surface area contributed by atoms with Gasteiger partial charge in [0, 0.05) is 0 Å². The molecular formula is C17H27O3. The van der Waals surface area contributed by atoms with E-state index in [4.69, 9.17) is 4.74 Å². The highest BCUT2D eigenvalue weighted by Crippen LogP contribution is 2.25. The summed E-state index contributed by atoms with van der Waals surface area (Å²) in [6, 6.07) is 5.21. The quantitative estimate of drug-likeness (QED) is 0.606. The molecule has 0 amide bonds. The van der Waals surface area contributed by atoms with Crippen molar-refractivity contribution in [1.29, 1.82) is 0 Å². The molecule has 1 N–H and O–H groups in total. The van der Waals surface area contributed by atoms with Crippen molar-refractivity contribution in [3.8, 4) is 11.5 Å². The second-order valence-electron chi connectivity index (χ2n) is 5.21. The molecule has 0 bridgehead atoms. The summed E-state index contributed by atoms with van der Waals surface area (Å²) < 4.78 is 5.30. The molecule has 0 atom stereocenters. The van der Waals surface area contributed by atoms with Gasteiger partial charge in [0.25, 0.3) is 0 Å². The van der Waals surface area contributed by atoms with Gasteiger partial charge in [-0.1, -0.05) is 45.4 Å². The lowest BCUT2D eigenvalue weighted by molar-refractivity contribution is 0.138. The van der Waals surface area contributed by atoms with Crippen molar-refractivity contribution in [3.05, 3.63) is 23.8 Å². The zero-order valence-electron chi connectivity index (χ0n) is 12.6. The monoisotopic (exact) mass is 279 g/mol. The summed E-state index contributed by atoms with van der Waals surface area (Å²) in [5.41, 5.74) is 0.918. The molecule has 0 unspecified atom stereocenters. The Labute approximate surface area is 122 Å². The number of phenolic OH excluding ortho intramolecular Hbond substituents is 1. The smallest absolute Gasteiger partial charge is 0.119 e. The maximum Gasteiger partial charge on any atom is 0.119 e. The fourth-order valence-corrected chi connectivity index (χ4v) is 2.28. The van der Waals surface area contributed by atoms with E-state index in [-0.39, 0.29) is 13.2 Å². The molecular weight excluding hydrogens is 252 g/mol. The third-order valence-electron chi connectivity index (χ3n) is 3.45. The Morgan fingerprint density at radius 2 is 1.75 bits per heavy atom. The fourth-order valence-electron chi connectivity index (χ4n) is 2.28. The number of unbranched alkanes of at least 4 members (excludes halogenated alkanes) is 6. The number of phenols is 1. The van der Waals surface area contributed by atoms with E-state index in [1.165, 1.54) is 38.5 Å². The number of ether oxygens (including phenoxy) is 1. The Morgan fingerprint density at radius 3 is 2.45 bits per heavy atom. The van der Waals surface area contributed by atoms with Crippen molar-refractivity contribution < 1.29 is 14.9 Å². The minimum absolute atomic E-state index is 0.182. The van der Waals surface area contributed by atoms with Crippen LogP contribution in [0, 0.1) is 0 Å². The first-order chi connectivity index (χ1) is 9.77. The number of rotatable bonds is 11. The van der Waals surface area contributed by atoms with Gasteiger partial charge in [-0.3, -0.25) is 0 Å². The standard InChI is InChI=1S/C17H27O3/c1-2-3-4-5-6-7-8-9-15-14-16(20-13-12-18)10-11-17(15)19/h10-11,14,19H,2-9,12-13H2,1H3. The molecule has 1 aromatic carbocycles. The lowest BCUT2D eigenvalue weighted by Gasteiger charge is -2.08. The molecule has 3 nitrogen and oxygen atoms in total. The average Bonchev–Trinajstić information content (AvgIpc) is 2.46. The van der Waals surface area contributed by atoms with Gasteiger partial charge in [-0.05, 0) is 36.6 Å². The zero-order chi connectivity index (χ0) is 14.6. The van der Waals surface area contributed by atoms with Crippen LogP contribution in [0.3, 0.4) is 0 Å². The van der Waals surface area contributed by atoms with Crippen LogP contribution in [-0.2, 0) is 11.5 Å². The van der Waals surface area contributed by atoms with Gasteiger partial charge < -0.3 is 9.84 Å². The predicted molar refractivity (Wildman–Crippen MR) is 80.9 cm³/mol. The molecule has 0 saturated carbocycles. The van der Waals surface area contributed by atoms with Gasteiger partial charge in [-0.15, -0.1) is 0 Å². The molecule has 0 aliphatic carbocycles. The minimum Gasteiger partial charge on any atom is -0.508 e. The van der Waals surface area contributed by atoms with Crippen molar-refractivity contribution in [2.45, 2.75) is 58.3 Å². The summed E-state index contributed by atoms with van der Waals surface area (Å²) in [4.78, 5) is 0. The largest absolute Gasteiger partial charge is 0.508 e. The van der Waals surface area contributed by atoms with Gasteiger partial charge in [-0.2, -0.15) is 0 Å². The summed E-state index contributed by atoms with van der Waals surface area (Å²) in [6.45, 7) is 2.17. The Bertz CT molecular complexity index is 363. The summed E-state index contributed by atoms with van der Waals surface area (Å²) >= 11 is 0. The van der Waals surface area contributed by atoms with Crippen molar-refractivity contribution in [3.63, 3.8) is 0 Å². The van der Waals surface area contributed by atoms with Crippen LogP contribution in [0.1, 0.15) is 57.4 Å². The number of aryl methyl sites for hydroxylation is 1. The highest BCUT2D eigenvalue weighted by atomic mass is 16.5. The Kier molecular flexibility index (Phi) is 8.88. The summed E-state index contributed by atoms with van der Waals surface area (Å²) in [5, 5.41) is 20.2. The number of hydrogen-bond acceptors (Lipinski definition) is 2. The molecule has 0 aliphatic rings. The second-order valence-corrected chi connectivity index (χ2v) is 5.21. The van der Waals surface area contributed by atoms with Crippen LogP contribution >= 0.6 is 0 Å². The first kappa shape index (κ1) is 16.8. The maximum atomic E-state index is 10.4. The van der Waals surface area contributed by atoms with Gasteiger partial charge in [0.2, 0.25) is 0 Å². The van der Waals surface area contributed by atoms with Crippen LogP contribution in [0.25, 0.3) is 0 Å². The third kappa shape index (κ3) is 6.80. The fraction of sp³-hybridized carbons (Fsp3) is 0.647. The highest BCUT2D eigenvalue weighted by Gasteiger charge is 2.04. The summed E-state index contributed by atoms with van der Waals surface area (Å²) in [5.74, 6) is 1.00. The van der Waals surface area contributed by atoms with Crippen LogP contribution < -0.4 is 4.74 Å². The van der Waals surface area contributed by atoms with Crippen LogP contribution in [0.4, 0.5) is 0 Å². The van der Waals surface area contributed by atoms with E-state index in [0.29, 0.717) is 11.5 Å². The molecule has 3 heteroatoms. The zero-order valence-corrected chi connectivity index (χ0v) is 12.6. The van der Waals surface area contributed by atoms with Gasteiger partial charge in [-0.25, -0.2) is 5.11 Å². The lowest BCUT2D eigenvalue weighted by atomic mass is 10.0. The third-order valence-corrected chi connectivity index (χ3v) is 3.45. The summed E-state index contributed by atoms with van der Waals surface area (Å²) in [7, 11) is 0. The molecule has 1 aromatic rings. The van der Waals surface area contributed by atoms with Gasteiger partial charge >= 0.3 is 0 Å². The van der Waals surface area contributed by atoms with Gasteiger partial charge in [0.1, 0.15) is 24.7 Å². The molecule has 0 aliphatic heterocycles. The minimum atomic E-state index is -0.242. The first-order valence-corrected chi connectivity index (χ1v) is 7.80. The van der Waals surface area contributed by atoms with Crippen molar-refractivity contribution in [1.82, 2.24) is 0 Å². The molecule has 0 heterocycles. The van der Waals surface area contributed by atoms with Gasteiger partial charge in [0.05, 0.1) is 0 Å². The van der Waals surface area contributed by atoms with Gasteiger partial charge in [0.15, 0.2) is 0 Å². The van der Waals surface area contributed by atoms with E-state index in [2.05, 4.69) is 6.92 Å². The normalized spacial score (nSPS) is 10.7. The Balaban J connectivity index is 2.27. The molecule has 20 heavy (non-hydrogen) atoms. The van der Waals surface area contributed by atoms with Crippen LogP contribution in [0.15, 0.2) is 18.2 Å². The highest BCUT2D eigenvalue weighted by molar-refractivity contribution is 5.39. The van der Waals surface area contributed by atoms with Crippen LogP contribution in [0.2, 0.25) is 0 Å². The molecule has 0 aromatic heterocycles. The Hall–Kier alpha value is -1.22. The lowest BCUT2D eigenvalue weighted by Crippen LogP contribution is -2.01.